The summed E-state index contributed by atoms with van der Waals surface area (Å²) in [5.74, 6) is 2.04. The molecule has 0 amide bonds. The minimum atomic E-state index is -1.06. The molecule has 1 aromatic carbocycles. The zero-order valence-electron chi connectivity index (χ0n) is 18.6. The Morgan fingerprint density at radius 3 is 2.42 bits per heavy atom. The second-order valence-corrected chi connectivity index (χ2v) is 13.1. The van der Waals surface area contributed by atoms with Crippen LogP contribution in [0.1, 0.15) is 68.5 Å². The van der Waals surface area contributed by atoms with E-state index in [9.17, 15) is 9.32 Å². The van der Waals surface area contributed by atoms with Gasteiger partial charge in [-0.15, -0.1) is 0 Å². The predicted octanol–water partition coefficient (Wildman–Crippen LogP) is 4.18. The van der Waals surface area contributed by atoms with E-state index in [0.717, 1.165) is 72.9 Å². The molecule has 3 aliphatic carbocycles. The molecule has 1 spiro atoms. The van der Waals surface area contributed by atoms with Crippen LogP contribution in [0.5, 0.6) is 0 Å². The summed E-state index contributed by atoms with van der Waals surface area (Å²) in [6, 6.07) is 9.17. The first kappa shape index (κ1) is 20.7. The Bertz CT molecular complexity index is 1130. The lowest BCUT2D eigenvalue weighted by molar-refractivity contribution is 0.143. The van der Waals surface area contributed by atoms with Crippen molar-refractivity contribution in [3.05, 3.63) is 40.5 Å². The van der Waals surface area contributed by atoms with E-state index in [0.29, 0.717) is 23.8 Å². The van der Waals surface area contributed by atoms with Gasteiger partial charge >= 0.3 is 0 Å². The van der Waals surface area contributed by atoms with Gasteiger partial charge in [0, 0.05) is 23.5 Å². The number of halogens is 1. The summed E-state index contributed by atoms with van der Waals surface area (Å²) in [5.41, 5.74) is 2.00. The fourth-order valence-electron chi connectivity index (χ4n) is 6.47. The van der Waals surface area contributed by atoms with Crippen LogP contribution in [0.15, 0.2) is 29.2 Å². The summed E-state index contributed by atoms with van der Waals surface area (Å²) in [6.45, 7) is 0.0800. The van der Waals surface area contributed by atoms with E-state index < -0.39 is 10.8 Å². The lowest BCUT2D eigenvalue weighted by Gasteiger charge is -2.55. The van der Waals surface area contributed by atoms with E-state index in [4.69, 9.17) is 21.6 Å². The maximum atomic E-state index is 13.4. The van der Waals surface area contributed by atoms with Crippen LogP contribution in [0.25, 0.3) is 0 Å². The SMILES string of the molecule is O=S1c2c(nc(N3C4CC(c5ccc(Cl)cc5)CC3C4)nc2NC2(CO)CCC2)CC12CC2. The third kappa shape index (κ3) is 3.11. The first-order valence-corrected chi connectivity index (χ1v) is 13.8. The molecule has 3 atom stereocenters. The minimum Gasteiger partial charge on any atom is -0.394 e. The molecule has 3 aliphatic heterocycles. The summed E-state index contributed by atoms with van der Waals surface area (Å²) in [5, 5.41) is 14.4. The van der Waals surface area contributed by atoms with Crippen molar-refractivity contribution in [2.24, 2.45) is 0 Å². The second kappa shape index (κ2) is 7.15. The number of nitrogens with zero attached hydrogens (tertiary/aromatic N) is 3. The fourth-order valence-corrected chi connectivity index (χ4v) is 8.38. The van der Waals surface area contributed by atoms with Gasteiger partial charge in [0.2, 0.25) is 5.95 Å². The first-order valence-electron chi connectivity index (χ1n) is 12.2. The molecule has 4 heterocycles. The van der Waals surface area contributed by atoms with Gasteiger partial charge in [-0.2, -0.15) is 4.98 Å². The summed E-state index contributed by atoms with van der Waals surface area (Å²) in [6.07, 6.45) is 9.13. The van der Waals surface area contributed by atoms with Crippen molar-refractivity contribution in [2.45, 2.75) is 91.0 Å². The Hall–Kier alpha value is -1.70. The quantitative estimate of drug-likeness (QED) is 0.663. The van der Waals surface area contributed by atoms with Crippen LogP contribution >= 0.6 is 11.6 Å². The van der Waals surface area contributed by atoms with Crippen molar-refractivity contribution in [2.75, 3.05) is 16.8 Å². The van der Waals surface area contributed by atoms with Gasteiger partial charge in [0.1, 0.15) is 10.7 Å². The highest BCUT2D eigenvalue weighted by Gasteiger charge is 2.57. The molecule has 174 valence electrons. The summed E-state index contributed by atoms with van der Waals surface area (Å²) < 4.78 is 13.3. The van der Waals surface area contributed by atoms with Crippen molar-refractivity contribution < 1.29 is 9.32 Å². The molecule has 2 bridgehead atoms. The molecule has 33 heavy (non-hydrogen) atoms. The first-order chi connectivity index (χ1) is 16.0. The number of nitrogens with one attached hydrogen (secondary N) is 1. The van der Waals surface area contributed by atoms with Gasteiger partial charge in [-0.1, -0.05) is 23.7 Å². The van der Waals surface area contributed by atoms with Crippen LogP contribution < -0.4 is 10.2 Å². The molecule has 6 aliphatic rings. The van der Waals surface area contributed by atoms with Crippen LogP contribution in [-0.4, -0.2) is 48.3 Å². The van der Waals surface area contributed by atoms with Crippen LogP contribution in [0, 0.1) is 0 Å². The van der Waals surface area contributed by atoms with Crippen LogP contribution in [0.4, 0.5) is 11.8 Å². The van der Waals surface area contributed by atoms with Crippen LogP contribution in [0.2, 0.25) is 5.02 Å². The van der Waals surface area contributed by atoms with Crippen molar-refractivity contribution in [1.82, 2.24) is 9.97 Å². The Labute approximate surface area is 201 Å². The maximum absolute atomic E-state index is 13.4. The van der Waals surface area contributed by atoms with Crippen LogP contribution in [-0.2, 0) is 17.2 Å². The molecule has 6 nitrogen and oxygen atoms in total. The largest absolute Gasteiger partial charge is 0.394 e. The molecule has 5 fully saturated rings. The second-order valence-electron chi connectivity index (χ2n) is 10.9. The number of aliphatic hydroxyl groups excluding tert-OH is 1. The Morgan fingerprint density at radius 1 is 1.09 bits per heavy atom. The Balaban J connectivity index is 1.20. The highest BCUT2D eigenvalue weighted by atomic mass is 35.5. The van der Waals surface area contributed by atoms with Crippen molar-refractivity contribution in [3.8, 4) is 0 Å². The highest BCUT2D eigenvalue weighted by molar-refractivity contribution is 7.87. The number of aromatic nitrogens is 2. The molecule has 0 radical (unpaired) electrons. The van der Waals surface area contributed by atoms with Crippen molar-refractivity contribution in [1.29, 1.82) is 0 Å². The Kier molecular flexibility index (Phi) is 4.48. The molecular formula is C25H29ClN4O2S. The summed E-state index contributed by atoms with van der Waals surface area (Å²) in [4.78, 5) is 13.2. The molecule has 8 rings (SSSR count). The number of hydrogen-bond acceptors (Lipinski definition) is 6. The molecule has 2 saturated heterocycles. The third-order valence-corrected chi connectivity index (χ3v) is 11.2. The summed E-state index contributed by atoms with van der Waals surface area (Å²) >= 11 is 6.09. The van der Waals surface area contributed by atoms with E-state index in [2.05, 4.69) is 22.3 Å². The standard InChI is InChI=1S/C25H29ClN4O2S/c26-17-4-2-15(3-5-17)16-10-18-12-19(11-16)30(18)23-27-20-13-25(8-9-25)33(32)21(20)22(28-23)29-24(14-31)6-1-7-24/h2-5,16,18-19,31H,1,6-14H2,(H,27,28,29). The smallest absolute Gasteiger partial charge is 0.228 e. The molecule has 8 heteroatoms. The number of aliphatic hydroxyl groups is 1. The van der Waals surface area contributed by atoms with E-state index in [1.165, 1.54) is 12.0 Å². The van der Waals surface area contributed by atoms with E-state index >= 15 is 0 Å². The zero-order valence-corrected chi connectivity index (χ0v) is 20.2. The number of piperidine rings is 1. The average molecular weight is 485 g/mol. The number of fused-ring (bicyclic) bond motifs is 3. The maximum Gasteiger partial charge on any atom is 0.228 e. The lowest BCUT2D eigenvalue weighted by atomic mass is 9.71. The average Bonchev–Trinajstić information content (AvgIpc) is 3.51. The molecular weight excluding hydrogens is 456 g/mol. The number of anilines is 2. The molecule has 2 N–H and O–H groups in total. The predicted molar refractivity (Wildman–Crippen MR) is 129 cm³/mol. The summed E-state index contributed by atoms with van der Waals surface area (Å²) in [7, 11) is -1.06. The molecule has 2 aromatic rings. The minimum absolute atomic E-state index is 0.0800. The normalized spacial score (nSPS) is 32.1. The van der Waals surface area contributed by atoms with Gasteiger partial charge in [-0.05, 0) is 75.0 Å². The van der Waals surface area contributed by atoms with E-state index in [-0.39, 0.29) is 16.9 Å². The monoisotopic (exact) mass is 484 g/mol. The van der Waals surface area contributed by atoms with Gasteiger partial charge < -0.3 is 15.3 Å². The topological polar surface area (TPSA) is 78.4 Å². The van der Waals surface area contributed by atoms with E-state index in [1.54, 1.807) is 0 Å². The highest BCUT2D eigenvalue weighted by Crippen LogP contribution is 2.55. The van der Waals surface area contributed by atoms with Gasteiger partial charge in [0.05, 0.1) is 33.4 Å². The van der Waals surface area contributed by atoms with Gasteiger partial charge in [-0.25, -0.2) is 4.98 Å². The van der Waals surface area contributed by atoms with E-state index in [1.807, 2.05) is 12.1 Å². The number of benzene rings is 1. The van der Waals surface area contributed by atoms with Crippen LogP contribution in [0.3, 0.4) is 0 Å². The molecule has 3 saturated carbocycles. The van der Waals surface area contributed by atoms with Gasteiger partial charge in [-0.3, -0.25) is 4.21 Å². The zero-order chi connectivity index (χ0) is 22.4. The van der Waals surface area contributed by atoms with Gasteiger partial charge in [0.25, 0.3) is 0 Å². The molecule has 1 aromatic heterocycles. The number of hydrogen-bond donors (Lipinski definition) is 2. The van der Waals surface area contributed by atoms with Crippen molar-refractivity contribution >= 4 is 34.2 Å². The molecule has 3 unspecified atom stereocenters. The Morgan fingerprint density at radius 2 is 1.82 bits per heavy atom. The fraction of sp³-hybridized carbons (Fsp3) is 0.600. The third-order valence-electron chi connectivity index (χ3n) is 8.81. The van der Waals surface area contributed by atoms with Gasteiger partial charge in [0.15, 0.2) is 0 Å². The number of rotatable bonds is 5. The van der Waals surface area contributed by atoms with Crippen molar-refractivity contribution in [3.63, 3.8) is 0 Å². The lowest BCUT2D eigenvalue weighted by Crippen LogP contribution is -2.61.